The van der Waals surface area contributed by atoms with Crippen LogP contribution >= 0.6 is 11.6 Å². The molecule has 2 rings (SSSR count). The second kappa shape index (κ2) is 5.69. The summed E-state index contributed by atoms with van der Waals surface area (Å²) in [5.74, 6) is 0. The number of aryl methyl sites for hydroxylation is 2. The molecule has 1 aromatic heterocycles. The molecule has 0 amide bonds. The smallest absolute Gasteiger partial charge is 0.0850 e. The van der Waals surface area contributed by atoms with Gasteiger partial charge in [-0.3, -0.25) is 4.68 Å². The number of hydrogen-bond donors (Lipinski definition) is 1. The Balaban J connectivity index is 2.19. The van der Waals surface area contributed by atoms with E-state index in [1.165, 1.54) is 0 Å². The van der Waals surface area contributed by atoms with Crippen LogP contribution in [0.1, 0.15) is 64.8 Å². The van der Waals surface area contributed by atoms with E-state index in [1.54, 1.807) is 0 Å². The van der Waals surface area contributed by atoms with E-state index < -0.39 is 5.60 Å². The van der Waals surface area contributed by atoms with Gasteiger partial charge < -0.3 is 5.11 Å². The van der Waals surface area contributed by atoms with Crippen molar-refractivity contribution >= 4 is 11.6 Å². The van der Waals surface area contributed by atoms with Gasteiger partial charge in [0.05, 0.1) is 22.0 Å². The van der Waals surface area contributed by atoms with Crippen LogP contribution in [0.5, 0.6) is 0 Å². The number of halogens is 1. The first kappa shape index (κ1) is 15.8. The molecule has 114 valence electrons. The molecule has 4 heteroatoms. The lowest BCUT2D eigenvalue weighted by Crippen LogP contribution is -2.39. The van der Waals surface area contributed by atoms with Crippen LogP contribution in [0.25, 0.3) is 0 Å². The van der Waals surface area contributed by atoms with Gasteiger partial charge in [0, 0.05) is 13.0 Å². The molecule has 1 aromatic rings. The van der Waals surface area contributed by atoms with Gasteiger partial charge in [-0.05, 0) is 44.4 Å². The molecule has 1 N–H and O–H groups in total. The van der Waals surface area contributed by atoms with Crippen molar-refractivity contribution in [1.29, 1.82) is 0 Å². The number of rotatable bonds is 4. The summed E-state index contributed by atoms with van der Waals surface area (Å²) < 4.78 is 1.96. The predicted molar refractivity (Wildman–Crippen MR) is 83.2 cm³/mol. The zero-order valence-corrected chi connectivity index (χ0v) is 13.9. The molecule has 0 radical (unpaired) electrons. The third-order valence-electron chi connectivity index (χ3n) is 4.72. The molecule has 0 saturated heterocycles. The molecule has 0 atom stereocenters. The summed E-state index contributed by atoms with van der Waals surface area (Å²) in [6.45, 7) is 9.50. The Kier molecular flexibility index (Phi) is 4.50. The number of aromatic nitrogens is 2. The maximum Gasteiger partial charge on any atom is 0.0850 e. The molecule has 3 nitrogen and oxygen atoms in total. The van der Waals surface area contributed by atoms with Crippen molar-refractivity contribution in [3.8, 4) is 0 Å². The number of hydrogen-bond acceptors (Lipinski definition) is 2. The summed E-state index contributed by atoms with van der Waals surface area (Å²) in [5.41, 5.74) is 1.70. The van der Waals surface area contributed by atoms with Crippen LogP contribution in [0.3, 0.4) is 0 Å². The third-order valence-corrected chi connectivity index (χ3v) is 5.16. The third kappa shape index (κ3) is 3.20. The molecule has 1 fully saturated rings. The highest BCUT2D eigenvalue weighted by molar-refractivity contribution is 6.31. The maximum atomic E-state index is 10.9. The largest absolute Gasteiger partial charge is 0.389 e. The normalized spacial score (nSPS) is 21.1. The SMILES string of the molecule is CCc1nn(CC)c(CC2(O)CCC(C)(C)CC2)c1Cl. The summed E-state index contributed by atoms with van der Waals surface area (Å²) >= 11 is 6.45. The molecule has 0 aliphatic heterocycles. The summed E-state index contributed by atoms with van der Waals surface area (Å²) in [5, 5.41) is 16.2. The van der Waals surface area contributed by atoms with E-state index in [0.29, 0.717) is 11.8 Å². The lowest BCUT2D eigenvalue weighted by molar-refractivity contribution is -0.0264. The topological polar surface area (TPSA) is 38.0 Å². The second-order valence-electron chi connectivity index (χ2n) is 6.94. The minimum Gasteiger partial charge on any atom is -0.389 e. The van der Waals surface area contributed by atoms with Gasteiger partial charge in [-0.2, -0.15) is 5.10 Å². The van der Waals surface area contributed by atoms with E-state index >= 15 is 0 Å². The molecule has 1 aliphatic carbocycles. The van der Waals surface area contributed by atoms with Crippen LogP contribution in [0.2, 0.25) is 5.02 Å². The molecule has 0 unspecified atom stereocenters. The first-order chi connectivity index (χ1) is 9.30. The van der Waals surface area contributed by atoms with Gasteiger partial charge in [0.25, 0.3) is 0 Å². The van der Waals surface area contributed by atoms with E-state index in [9.17, 15) is 5.11 Å². The van der Waals surface area contributed by atoms with Gasteiger partial charge in [-0.15, -0.1) is 0 Å². The summed E-state index contributed by atoms with van der Waals surface area (Å²) in [7, 11) is 0. The minimum atomic E-state index is -0.614. The van der Waals surface area contributed by atoms with Crippen molar-refractivity contribution in [3.63, 3.8) is 0 Å². The molecule has 0 bridgehead atoms. The predicted octanol–water partition coefficient (Wildman–Crippen LogP) is 3.99. The zero-order chi connectivity index (χ0) is 15.0. The first-order valence-corrected chi connectivity index (χ1v) is 8.14. The van der Waals surface area contributed by atoms with Crippen LogP contribution in [-0.2, 0) is 19.4 Å². The minimum absolute atomic E-state index is 0.357. The maximum absolute atomic E-state index is 10.9. The van der Waals surface area contributed by atoms with Gasteiger partial charge in [0.2, 0.25) is 0 Å². The molecular weight excluding hydrogens is 272 g/mol. The van der Waals surface area contributed by atoms with Crippen LogP contribution < -0.4 is 0 Å². The molecular formula is C16H27ClN2O. The quantitative estimate of drug-likeness (QED) is 0.912. The van der Waals surface area contributed by atoms with E-state index in [-0.39, 0.29) is 0 Å². The zero-order valence-electron chi connectivity index (χ0n) is 13.2. The summed E-state index contributed by atoms with van der Waals surface area (Å²) in [6.07, 6.45) is 5.32. The monoisotopic (exact) mass is 298 g/mol. The van der Waals surface area contributed by atoms with Gasteiger partial charge in [0.1, 0.15) is 0 Å². The van der Waals surface area contributed by atoms with Crippen LogP contribution in [0.15, 0.2) is 0 Å². The highest BCUT2D eigenvalue weighted by Gasteiger charge is 2.38. The van der Waals surface area contributed by atoms with Crippen LogP contribution in [0, 0.1) is 5.41 Å². The fourth-order valence-corrected chi connectivity index (χ4v) is 3.40. The Hall–Kier alpha value is -0.540. The van der Waals surface area contributed by atoms with Crippen LogP contribution in [0.4, 0.5) is 0 Å². The fourth-order valence-electron chi connectivity index (χ4n) is 3.07. The number of nitrogens with zero attached hydrogens (tertiary/aromatic N) is 2. The van der Waals surface area contributed by atoms with Crippen molar-refractivity contribution < 1.29 is 5.11 Å². The second-order valence-corrected chi connectivity index (χ2v) is 7.32. The fraction of sp³-hybridized carbons (Fsp3) is 0.812. The molecule has 20 heavy (non-hydrogen) atoms. The van der Waals surface area contributed by atoms with Crippen LogP contribution in [-0.4, -0.2) is 20.5 Å². The van der Waals surface area contributed by atoms with Crippen molar-refractivity contribution in [2.75, 3.05) is 0 Å². The van der Waals surface area contributed by atoms with E-state index in [2.05, 4.69) is 32.8 Å². The van der Waals surface area contributed by atoms with Crippen molar-refractivity contribution in [2.24, 2.45) is 5.41 Å². The van der Waals surface area contributed by atoms with E-state index in [4.69, 9.17) is 11.6 Å². The molecule has 1 heterocycles. The molecule has 1 aliphatic rings. The Morgan fingerprint density at radius 3 is 2.30 bits per heavy atom. The highest BCUT2D eigenvalue weighted by Crippen LogP contribution is 2.42. The van der Waals surface area contributed by atoms with Gasteiger partial charge in [-0.25, -0.2) is 0 Å². The van der Waals surface area contributed by atoms with Gasteiger partial charge in [0.15, 0.2) is 0 Å². The Morgan fingerprint density at radius 1 is 1.20 bits per heavy atom. The van der Waals surface area contributed by atoms with E-state index in [1.807, 2.05) is 4.68 Å². The lowest BCUT2D eigenvalue weighted by atomic mass is 9.69. The van der Waals surface area contributed by atoms with Gasteiger partial charge in [-0.1, -0.05) is 32.4 Å². The summed E-state index contributed by atoms with van der Waals surface area (Å²) in [4.78, 5) is 0. The highest BCUT2D eigenvalue weighted by atomic mass is 35.5. The average Bonchev–Trinajstić information content (AvgIpc) is 2.70. The molecule has 1 saturated carbocycles. The average molecular weight is 299 g/mol. The Bertz CT molecular complexity index is 469. The van der Waals surface area contributed by atoms with Crippen molar-refractivity contribution in [2.45, 2.75) is 78.4 Å². The lowest BCUT2D eigenvalue weighted by Gasteiger charge is -2.40. The van der Waals surface area contributed by atoms with Gasteiger partial charge >= 0.3 is 0 Å². The standard InChI is InChI=1S/C16H27ClN2O/c1-5-12-14(17)13(19(6-2)18-12)11-16(20)9-7-15(3,4)8-10-16/h20H,5-11H2,1-4H3. The van der Waals surface area contributed by atoms with E-state index in [0.717, 1.165) is 55.1 Å². The Morgan fingerprint density at radius 2 is 1.80 bits per heavy atom. The number of aliphatic hydroxyl groups is 1. The van der Waals surface area contributed by atoms with Crippen molar-refractivity contribution in [1.82, 2.24) is 9.78 Å². The Labute approximate surface area is 127 Å². The van der Waals surface area contributed by atoms with Crippen molar-refractivity contribution in [3.05, 3.63) is 16.4 Å². The first-order valence-electron chi connectivity index (χ1n) is 7.77. The summed E-state index contributed by atoms with van der Waals surface area (Å²) in [6, 6.07) is 0. The molecule has 0 aromatic carbocycles. The molecule has 0 spiro atoms.